The Labute approximate surface area is 139 Å². The fraction of sp³-hybridized carbons (Fsp3) is 1.00. The van der Waals surface area contributed by atoms with Crippen LogP contribution < -0.4 is 0 Å². The molecule has 1 spiro atoms. The van der Waals surface area contributed by atoms with Crippen molar-refractivity contribution in [2.45, 2.75) is 82.5 Å². The maximum absolute atomic E-state index is 11.7. The number of hydrogen-bond acceptors (Lipinski definition) is 3. The number of hydrogen-bond donors (Lipinski definition) is 2. The highest BCUT2D eigenvalue weighted by atomic mass is 16.5. The Morgan fingerprint density at radius 2 is 1.70 bits per heavy atom. The largest absolute Gasteiger partial charge is 0.387 e. The molecule has 0 radical (unpaired) electrons. The fourth-order valence-electron chi connectivity index (χ4n) is 8.47. The van der Waals surface area contributed by atoms with E-state index in [2.05, 4.69) is 13.8 Å². The summed E-state index contributed by atoms with van der Waals surface area (Å²) in [7, 11) is 1.87. The zero-order valence-electron chi connectivity index (χ0n) is 14.8. The van der Waals surface area contributed by atoms with Crippen molar-refractivity contribution in [1.82, 2.24) is 0 Å². The van der Waals surface area contributed by atoms with Gasteiger partial charge in [0.25, 0.3) is 0 Å². The average Bonchev–Trinajstić information content (AvgIpc) is 3.11. The summed E-state index contributed by atoms with van der Waals surface area (Å²) in [6.07, 6.45) is 8.83. The number of ether oxygens (including phenoxy) is 1. The molecule has 130 valence electrons. The van der Waals surface area contributed by atoms with E-state index in [-0.39, 0.29) is 17.9 Å². The lowest BCUT2D eigenvalue weighted by Gasteiger charge is -2.62. The molecule has 2 N–H and O–H groups in total. The normalized spacial score (nSPS) is 66.4. The van der Waals surface area contributed by atoms with Crippen molar-refractivity contribution in [2.24, 2.45) is 34.5 Å². The molecule has 3 heteroatoms. The zero-order chi connectivity index (χ0) is 16.3. The van der Waals surface area contributed by atoms with Gasteiger partial charge in [-0.1, -0.05) is 13.8 Å². The van der Waals surface area contributed by atoms with E-state index in [1.54, 1.807) is 0 Å². The van der Waals surface area contributed by atoms with Gasteiger partial charge in [-0.15, -0.1) is 0 Å². The summed E-state index contributed by atoms with van der Waals surface area (Å²) in [5.74, 6) is 1.86. The van der Waals surface area contributed by atoms with E-state index < -0.39 is 11.2 Å². The molecule has 5 fully saturated rings. The third-order valence-electron chi connectivity index (χ3n) is 9.83. The molecule has 5 aliphatic rings. The first kappa shape index (κ1) is 15.2. The van der Waals surface area contributed by atoms with Gasteiger partial charge in [0.1, 0.15) is 0 Å². The van der Waals surface area contributed by atoms with Crippen molar-refractivity contribution in [3.05, 3.63) is 0 Å². The van der Waals surface area contributed by atoms with Crippen LogP contribution in [0.2, 0.25) is 0 Å². The molecule has 23 heavy (non-hydrogen) atoms. The van der Waals surface area contributed by atoms with Gasteiger partial charge in [0.05, 0.1) is 17.3 Å². The molecular weight excluding hydrogens is 288 g/mol. The minimum atomic E-state index is -0.885. The Bertz CT molecular complexity index is 549. The molecule has 5 aliphatic carbocycles. The van der Waals surface area contributed by atoms with Gasteiger partial charge in [-0.25, -0.2) is 0 Å². The molecule has 9 atom stereocenters. The zero-order valence-corrected chi connectivity index (χ0v) is 14.8. The second-order valence-electron chi connectivity index (χ2n) is 9.90. The Hall–Kier alpha value is -0.120. The summed E-state index contributed by atoms with van der Waals surface area (Å²) in [6, 6.07) is 0. The summed E-state index contributed by atoms with van der Waals surface area (Å²) in [5, 5.41) is 23.0. The van der Waals surface area contributed by atoms with Gasteiger partial charge >= 0.3 is 0 Å². The molecule has 0 bridgehead atoms. The van der Waals surface area contributed by atoms with Gasteiger partial charge in [-0.3, -0.25) is 0 Å². The summed E-state index contributed by atoms with van der Waals surface area (Å²) in [5.41, 5.74) is -1.05. The van der Waals surface area contributed by atoms with E-state index in [9.17, 15) is 10.2 Å². The molecule has 0 aromatic heterocycles. The Morgan fingerprint density at radius 1 is 0.957 bits per heavy atom. The van der Waals surface area contributed by atoms with Crippen molar-refractivity contribution in [3.8, 4) is 0 Å². The van der Waals surface area contributed by atoms with Gasteiger partial charge in [0, 0.05) is 12.5 Å². The Balaban J connectivity index is 1.60. The van der Waals surface area contributed by atoms with Gasteiger partial charge in [0.15, 0.2) is 0 Å². The fourth-order valence-corrected chi connectivity index (χ4v) is 8.47. The van der Waals surface area contributed by atoms with Crippen LogP contribution in [-0.4, -0.2) is 34.6 Å². The number of rotatable bonds is 1. The van der Waals surface area contributed by atoms with Crippen LogP contribution in [0.15, 0.2) is 0 Å². The topological polar surface area (TPSA) is 49.7 Å². The van der Waals surface area contributed by atoms with Gasteiger partial charge in [-0.05, 0) is 80.5 Å². The van der Waals surface area contributed by atoms with Crippen LogP contribution in [0.4, 0.5) is 0 Å². The van der Waals surface area contributed by atoms with E-state index in [1.807, 2.05) is 7.11 Å². The van der Waals surface area contributed by atoms with Crippen molar-refractivity contribution in [3.63, 3.8) is 0 Å². The first-order valence-electron chi connectivity index (χ1n) is 9.81. The second kappa shape index (κ2) is 4.16. The minimum Gasteiger partial charge on any atom is -0.387 e. The molecule has 0 saturated heterocycles. The molecule has 3 nitrogen and oxygen atoms in total. The van der Waals surface area contributed by atoms with Gasteiger partial charge < -0.3 is 14.9 Å². The Kier molecular flexibility index (Phi) is 2.74. The molecule has 0 aromatic rings. The first-order valence-corrected chi connectivity index (χ1v) is 9.81. The van der Waals surface area contributed by atoms with E-state index in [1.165, 1.54) is 19.3 Å². The third kappa shape index (κ3) is 1.39. The van der Waals surface area contributed by atoms with Crippen LogP contribution in [-0.2, 0) is 4.74 Å². The van der Waals surface area contributed by atoms with Crippen molar-refractivity contribution < 1.29 is 14.9 Å². The van der Waals surface area contributed by atoms with Crippen LogP contribution >= 0.6 is 0 Å². The number of methoxy groups -OCH3 is 1. The van der Waals surface area contributed by atoms with Crippen molar-refractivity contribution in [1.29, 1.82) is 0 Å². The molecule has 5 rings (SSSR count). The smallest absolute Gasteiger partial charge is 0.0967 e. The quantitative estimate of drug-likeness (QED) is 0.780. The van der Waals surface area contributed by atoms with Gasteiger partial charge in [0.2, 0.25) is 0 Å². The highest BCUT2D eigenvalue weighted by molar-refractivity contribution is 5.28. The molecule has 0 heterocycles. The Morgan fingerprint density at radius 3 is 2.39 bits per heavy atom. The maximum Gasteiger partial charge on any atom is 0.0967 e. The maximum atomic E-state index is 11.7. The van der Waals surface area contributed by atoms with Crippen molar-refractivity contribution in [2.75, 3.05) is 7.11 Å². The summed E-state index contributed by atoms with van der Waals surface area (Å²) in [6.45, 7) is 4.62. The number of fused-ring (bicyclic) bond motifs is 4. The van der Waals surface area contributed by atoms with Crippen LogP contribution in [0.5, 0.6) is 0 Å². The highest BCUT2D eigenvalue weighted by Gasteiger charge is 2.79. The van der Waals surface area contributed by atoms with E-state index in [0.29, 0.717) is 16.7 Å². The van der Waals surface area contributed by atoms with Crippen LogP contribution in [0.3, 0.4) is 0 Å². The predicted octanol–water partition coefficient (Wildman–Crippen LogP) is 3.13. The van der Waals surface area contributed by atoms with E-state index in [0.717, 1.165) is 38.0 Å². The summed E-state index contributed by atoms with van der Waals surface area (Å²) in [4.78, 5) is 0. The van der Waals surface area contributed by atoms with Crippen LogP contribution in [0.1, 0.15) is 65.2 Å². The van der Waals surface area contributed by atoms with E-state index in [4.69, 9.17) is 4.74 Å². The molecule has 0 aliphatic heterocycles. The lowest BCUT2D eigenvalue weighted by molar-refractivity contribution is -0.256. The van der Waals surface area contributed by atoms with Crippen molar-refractivity contribution >= 4 is 0 Å². The summed E-state index contributed by atoms with van der Waals surface area (Å²) >= 11 is 0. The minimum absolute atomic E-state index is 0.214. The second-order valence-corrected chi connectivity index (χ2v) is 9.90. The summed E-state index contributed by atoms with van der Waals surface area (Å²) < 4.78 is 6.02. The van der Waals surface area contributed by atoms with Gasteiger partial charge in [-0.2, -0.15) is 0 Å². The average molecular weight is 320 g/mol. The highest BCUT2D eigenvalue weighted by Crippen LogP contribution is 2.81. The lowest BCUT2D eigenvalue weighted by atomic mass is 9.46. The van der Waals surface area contributed by atoms with Crippen LogP contribution in [0.25, 0.3) is 0 Å². The third-order valence-corrected chi connectivity index (χ3v) is 9.83. The number of aliphatic hydroxyl groups is 2. The molecular formula is C20H32O3. The molecule has 0 unspecified atom stereocenters. The lowest BCUT2D eigenvalue weighted by Crippen LogP contribution is -2.67. The molecule has 0 amide bonds. The monoisotopic (exact) mass is 320 g/mol. The molecule has 0 aromatic carbocycles. The predicted molar refractivity (Wildman–Crippen MR) is 87.8 cm³/mol. The van der Waals surface area contributed by atoms with Crippen LogP contribution in [0, 0.1) is 34.5 Å². The van der Waals surface area contributed by atoms with E-state index >= 15 is 0 Å². The first-order chi connectivity index (χ1) is 10.8. The SMILES string of the molecule is CO[C@@H]1C[C@@H]2[C@H](CC[C@@]3(O)[C@@H](C)CC[C@@]23O)[C@@]2(C)CC[C@@H]3C[C@]312. The standard InChI is InChI=1S/C20H32O3/c1-12-4-8-20(22)15-10-16(23-3)18-11-13(18)5-7-17(18,2)14(15)6-9-19(12,20)21/h12-16,21-22H,4-11H2,1-3H3/t12-,13+,14-,15+,16+,17+,18-,19+,20+/m0/s1. The molecule has 5 saturated carbocycles.